The number of rotatable bonds is 6. The lowest BCUT2D eigenvalue weighted by Crippen LogP contribution is -2.33. The number of pyridine rings is 1. The number of hydrogen-bond acceptors (Lipinski definition) is 7. The van der Waals surface area contributed by atoms with E-state index in [-0.39, 0.29) is 5.69 Å². The van der Waals surface area contributed by atoms with Gasteiger partial charge in [0.2, 0.25) is 0 Å². The first-order valence-electron chi connectivity index (χ1n) is 12.1. The van der Waals surface area contributed by atoms with Crippen molar-refractivity contribution < 1.29 is 4.79 Å². The molecule has 4 heterocycles. The van der Waals surface area contributed by atoms with E-state index in [1.807, 2.05) is 30.5 Å². The molecule has 0 atom stereocenters. The molecular formula is C26H31N7O. The van der Waals surface area contributed by atoms with Crippen LogP contribution in [0.1, 0.15) is 54.1 Å². The summed E-state index contributed by atoms with van der Waals surface area (Å²) >= 11 is 0. The number of hydrogen-bond donors (Lipinski definition) is 2. The fourth-order valence-corrected chi connectivity index (χ4v) is 4.88. The monoisotopic (exact) mass is 457 g/mol. The molecule has 3 aromatic rings. The largest absolute Gasteiger partial charge is 0.364 e. The molecule has 176 valence electrons. The molecular weight excluding hydrogens is 426 g/mol. The van der Waals surface area contributed by atoms with E-state index < -0.39 is 5.91 Å². The smallest absolute Gasteiger partial charge is 0.271 e. The van der Waals surface area contributed by atoms with E-state index in [9.17, 15) is 4.79 Å². The molecule has 2 aliphatic rings. The molecule has 0 aliphatic carbocycles. The summed E-state index contributed by atoms with van der Waals surface area (Å²) in [5, 5.41) is 3.27. The fourth-order valence-electron chi connectivity index (χ4n) is 4.88. The second-order valence-corrected chi connectivity index (χ2v) is 9.03. The van der Waals surface area contributed by atoms with Gasteiger partial charge in [-0.05, 0) is 67.9 Å². The molecule has 34 heavy (non-hydrogen) atoms. The molecule has 0 bridgehead atoms. The third-order valence-electron chi connectivity index (χ3n) is 6.79. The summed E-state index contributed by atoms with van der Waals surface area (Å²) in [6, 6.07) is 14.5. The number of nitrogens with zero attached hydrogens (tertiary/aromatic N) is 5. The highest BCUT2D eigenvalue weighted by Crippen LogP contribution is 2.31. The molecule has 8 nitrogen and oxygen atoms in total. The van der Waals surface area contributed by atoms with Crippen LogP contribution in [0.3, 0.4) is 0 Å². The van der Waals surface area contributed by atoms with Crippen LogP contribution < -0.4 is 20.9 Å². The van der Waals surface area contributed by atoms with E-state index in [1.54, 1.807) is 6.20 Å². The first kappa shape index (κ1) is 22.1. The van der Waals surface area contributed by atoms with Crippen LogP contribution in [-0.4, -0.2) is 47.0 Å². The lowest BCUT2D eigenvalue weighted by molar-refractivity contribution is 0.0996. The number of aromatic nitrogens is 3. The van der Waals surface area contributed by atoms with Gasteiger partial charge in [-0.2, -0.15) is 0 Å². The van der Waals surface area contributed by atoms with Crippen LogP contribution in [0.2, 0.25) is 0 Å². The summed E-state index contributed by atoms with van der Waals surface area (Å²) < 4.78 is 0. The van der Waals surface area contributed by atoms with Gasteiger partial charge in [-0.1, -0.05) is 18.2 Å². The van der Waals surface area contributed by atoms with E-state index >= 15 is 0 Å². The number of primary amides is 1. The van der Waals surface area contributed by atoms with Gasteiger partial charge in [0.15, 0.2) is 11.5 Å². The lowest BCUT2D eigenvalue weighted by Gasteiger charge is -2.33. The molecule has 0 radical (unpaired) electrons. The van der Waals surface area contributed by atoms with Crippen molar-refractivity contribution in [2.75, 3.05) is 41.3 Å². The first-order chi connectivity index (χ1) is 16.7. The Morgan fingerprint density at radius 1 is 0.882 bits per heavy atom. The highest BCUT2D eigenvalue weighted by molar-refractivity contribution is 5.96. The van der Waals surface area contributed by atoms with Crippen LogP contribution >= 0.6 is 0 Å². The Balaban J connectivity index is 1.26. The van der Waals surface area contributed by atoms with Crippen molar-refractivity contribution in [1.82, 2.24) is 15.0 Å². The minimum atomic E-state index is -0.587. The number of nitrogens with one attached hydrogen (secondary N) is 1. The Labute approximate surface area is 200 Å². The number of piperidine rings is 2. The Kier molecular flexibility index (Phi) is 6.56. The molecule has 2 fully saturated rings. The van der Waals surface area contributed by atoms with E-state index in [0.29, 0.717) is 11.7 Å². The van der Waals surface area contributed by atoms with Crippen molar-refractivity contribution in [1.29, 1.82) is 0 Å². The lowest BCUT2D eigenvalue weighted by atomic mass is 9.89. The zero-order chi connectivity index (χ0) is 23.3. The van der Waals surface area contributed by atoms with E-state index in [2.05, 4.69) is 43.3 Å². The van der Waals surface area contributed by atoms with Crippen molar-refractivity contribution in [2.45, 2.75) is 38.0 Å². The topological polar surface area (TPSA) is 100 Å². The predicted molar refractivity (Wildman–Crippen MR) is 135 cm³/mol. The Hall–Kier alpha value is -3.68. The number of amides is 1. The zero-order valence-electron chi connectivity index (χ0n) is 19.4. The molecule has 5 rings (SSSR count). The van der Waals surface area contributed by atoms with Gasteiger partial charge in [-0.25, -0.2) is 15.0 Å². The van der Waals surface area contributed by atoms with Crippen molar-refractivity contribution >= 4 is 29.0 Å². The van der Waals surface area contributed by atoms with Gasteiger partial charge in [-0.3, -0.25) is 4.79 Å². The van der Waals surface area contributed by atoms with Crippen LogP contribution in [0.4, 0.5) is 23.1 Å². The summed E-state index contributed by atoms with van der Waals surface area (Å²) in [5.41, 5.74) is 7.92. The summed E-state index contributed by atoms with van der Waals surface area (Å²) in [5.74, 6) is 2.18. The maximum Gasteiger partial charge on any atom is 0.271 e. The first-order valence-corrected chi connectivity index (χ1v) is 12.1. The zero-order valence-corrected chi connectivity index (χ0v) is 19.4. The van der Waals surface area contributed by atoms with Crippen molar-refractivity contribution in [2.24, 2.45) is 5.73 Å². The van der Waals surface area contributed by atoms with Crippen molar-refractivity contribution in [3.8, 4) is 0 Å². The Morgan fingerprint density at radius 2 is 1.62 bits per heavy atom. The number of nitrogens with two attached hydrogens (primary N) is 1. The van der Waals surface area contributed by atoms with Gasteiger partial charge in [0.05, 0.1) is 6.20 Å². The molecule has 3 N–H and O–H groups in total. The minimum Gasteiger partial charge on any atom is -0.364 e. The van der Waals surface area contributed by atoms with Gasteiger partial charge >= 0.3 is 0 Å². The molecule has 8 heteroatoms. The van der Waals surface area contributed by atoms with Gasteiger partial charge in [0.25, 0.3) is 5.91 Å². The van der Waals surface area contributed by atoms with E-state index in [1.165, 1.54) is 12.0 Å². The molecule has 0 spiro atoms. The summed E-state index contributed by atoms with van der Waals surface area (Å²) in [7, 11) is 0. The summed E-state index contributed by atoms with van der Waals surface area (Å²) in [4.78, 5) is 30.0. The molecule has 1 aromatic carbocycles. The third-order valence-corrected chi connectivity index (χ3v) is 6.79. The maximum absolute atomic E-state index is 11.9. The number of carbonyl (C=O) groups is 1. The number of carbonyl (C=O) groups excluding carboxylic acids is 1. The van der Waals surface area contributed by atoms with E-state index in [0.717, 1.165) is 69.2 Å². The average molecular weight is 458 g/mol. The van der Waals surface area contributed by atoms with Crippen LogP contribution in [0.15, 0.2) is 54.9 Å². The third kappa shape index (κ3) is 4.95. The van der Waals surface area contributed by atoms with Crippen LogP contribution in [0.25, 0.3) is 0 Å². The number of benzene rings is 1. The molecule has 2 saturated heterocycles. The average Bonchev–Trinajstić information content (AvgIpc) is 2.90. The normalized spacial score (nSPS) is 16.9. The minimum absolute atomic E-state index is 0.159. The van der Waals surface area contributed by atoms with Crippen LogP contribution in [-0.2, 0) is 0 Å². The van der Waals surface area contributed by atoms with Gasteiger partial charge in [0, 0.05) is 38.1 Å². The van der Waals surface area contributed by atoms with Gasteiger partial charge in [-0.15, -0.1) is 0 Å². The van der Waals surface area contributed by atoms with Crippen molar-refractivity contribution in [3.05, 3.63) is 66.1 Å². The van der Waals surface area contributed by atoms with E-state index in [4.69, 9.17) is 10.7 Å². The van der Waals surface area contributed by atoms with Gasteiger partial charge in [0.1, 0.15) is 11.6 Å². The van der Waals surface area contributed by atoms with Crippen LogP contribution in [0, 0.1) is 0 Å². The molecule has 0 unspecified atom stereocenters. The van der Waals surface area contributed by atoms with Crippen LogP contribution in [0.5, 0.6) is 0 Å². The quantitative estimate of drug-likeness (QED) is 0.575. The SMILES string of the molecule is NC(=O)c1ncc(N2CCCCC2)nc1Nc1ccc(C2CCN(c3ccccn3)CC2)cc1. The van der Waals surface area contributed by atoms with Crippen molar-refractivity contribution in [3.63, 3.8) is 0 Å². The summed E-state index contributed by atoms with van der Waals surface area (Å²) in [6.45, 7) is 3.92. The highest BCUT2D eigenvalue weighted by Gasteiger charge is 2.22. The summed E-state index contributed by atoms with van der Waals surface area (Å²) in [6.07, 6.45) is 9.22. The molecule has 2 aliphatic heterocycles. The molecule has 2 aromatic heterocycles. The standard InChI is InChI=1S/C26H31N7O/c27-25(34)24-26(31-23(18-29-24)32-14-4-1-5-15-32)30-21-9-7-19(8-10-21)20-11-16-33(17-12-20)22-6-2-3-13-28-22/h2-3,6-10,13,18,20H,1,4-5,11-12,14-17H2,(H2,27,34)(H,30,31). The highest BCUT2D eigenvalue weighted by atomic mass is 16.1. The number of anilines is 4. The molecule has 0 saturated carbocycles. The Bertz CT molecular complexity index is 1110. The second kappa shape index (κ2) is 10.1. The second-order valence-electron chi connectivity index (χ2n) is 9.03. The van der Waals surface area contributed by atoms with Gasteiger partial charge < -0.3 is 20.9 Å². The fraction of sp³-hybridized carbons (Fsp3) is 0.385. The predicted octanol–water partition coefficient (Wildman–Crippen LogP) is 4.09. The molecule has 1 amide bonds. The maximum atomic E-state index is 11.9. The Morgan fingerprint density at radius 3 is 2.29 bits per heavy atom.